The third-order valence-corrected chi connectivity index (χ3v) is 3.29. The van der Waals surface area contributed by atoms with Crippen LogP contribution in [0.5, 0.6) is 5.75 Å². The molecule has 2 aromatic heterocycles. The van der Waals surface area contributed by atoms with Gasteiger partial charge in [0.25, 0.3) is 0 Å². The maximum Gasteiger partial charge on any atom is 0.379 e. The quantitative estimate of drug-likeness (QED) is 0.427. The molecule has 0 N–H and O–H groups in total. The Morgan fingerprint density at radius 3 is 2.65 bits per heavy atom. The maximum absolute atomic E-state index is 12.1. The highest BCUT2D eigenvalue weighted by Crippen LogP contribution is 2.21. The second-order valence-electron chi connectivity index (χ2n) is 4.79. The van der Waals surface area contributed by atoms with E-state index in [2.05, 4.69) is 15.5 Å². The van der Waals surface area contributed by atoms with Crippen LogP contribution in [0.25, 0.3) is 16.7 Å². The van der Waals surface area contributed by atoms with Gasteiger partial charge in [-0.3, -0.25) is 0 Å². The van der Waals surface area contributed by atoms with Crippen LogP contribution in [0.1, 0.15) is 10.6 Å². The van der Waals surface area contributed by atoms with Gasteiger partial charge < -0.3 is 9.15 Å². The minimum atomic E-state index is -0.545. The van der Waals surface area contributed by atoms with Crippen LogP contribution in [0.15, 0.2) is 65.3 Å². The van der Waals surface area contributed by atoms with Gasteiger partial charge in [-0.15, -0.1) is 5.10 Å². The number of furan rings is 1. The molecule has 7 nitrogen and oxygen atoms in total. The van der Waals surface area contributed by atoms with E-state index < -0.39 is 5.97 Å². The fraction of sp³-hybridized carbons (Fsp3) is 0. The van der Waals surface area contributed by atoms with Gasteiger partial charge in [0, 0.05) is 5.39 Å². The predicted octanol–water partition coefficient (Wildman–Crippen LogP) is 2.63. The van der Waals surface area contributed by atoms with E-state index in [4.69, 9.17) is 9.15 Å². The summed E-state index contributed by atoms with van der Waals surface area (Å²) in [5, 5.41) is 11.8. The minimum absolute atomic E-state index is 0.163. The van der Waals surface area contributed by atoms with Crippen molar-refractivity contribution in [3.05, 3.63) is 66.7 Å². The molecule has 4 rings (SSSR count). The molecule has 112 valence electrons. The number of aromatic nitrogens is 4. The molecule has 0 atom stereocenters. The van der Waals surface area contributed by atoms with E-state index in [1.165, 1.54) is 11.0 Å². The lowest BCUT2D eigenvalue weighted by molar-refractivity contribution is 0.0704. The second-order valence-corrected chi connectivity index (χ2v) is 4.79. The van der Waals surface area contributed by atoms with Crippen LogP contribution >= 0.6 is 0 Å². The number of fused-ring (bicyclic) bond motifs is 1. The zero-order valence-electron chi connectivity index (χ0n) is 11.8. The van der Waals surface area contributed by atoms with Gasteiger partial charge in [-0.1, -0.05) is 18.2 Å². The summed E-state index contributed by atoms with van der Waals surface area (Å²) in [5.74, 6) is 0.0272. The van der Waals surface area contributed by atoms with E-state index >= 15 is 0 Å². The Kier molecular flexibility index (Phi) is 3.09. The largest absolute Gasteiger partial charge is 0.449 e. The number of rotatable bonds is 3. The zero-order valence-corrected chi connectivity index (χ0v) is 11.8. The number of carbonyl (C=O) groups is 1. The molecule has 0 radical (unpaired) electrons. The van der Waals surface area contributed by atoms with Gasteiger partial charge in [0.05, 0.1) is 5.69 Å². The van der Waals surface area contributed by atoms with E-state index in [0.717, 1.165) is 11.1 Å². The van der Waals surface area contributed by atoms with Gasteiger partial charge in [-0.2, -0.15) is 0 Å². The van der Waals surface area contributed by atoms with Crippen molar-refractivity contribution in [2.75, 3.05) is 0 Å². The van der Waals surface area contributed by atoms with E-state index in [1.807, 2.05) is 18.2 Å². The first-order valence-electron chi connectivity index (χ1n) is 6.84. The van der Waals surface area contributed by atoms with Crippen molar-refractivity contribution >= 4 is 16.9 Å². The molecule has 0 fully saturated rings. The fourth-order valence-corrected chi connectivity index (χ4v) is 2.19. The molecule has 2 aromatic carbocycles. The highest BCUT2D eigenvalue weighted by Gasteiger charge is 2.14. The third kappa shape index (κ3) is 2.55. The van der Waals surface area contributed by atoms with Crippen molar-refractivity contribution in [1.82, 2.24) is 20.2 Å². The fourth-order valence-electron chi connectivity index (χ4n) is 2.19. The van der Waals surface area contributed by atoms with Crippen LogP contribution < -0.4 is 4.74 Å². The summed E-state index contributed by atoms with van der Waals surface area (Å²) in [6.07, 6.45) is 1.48. The molecule has 0 spiro atoms. The first-order valence-corrected chi connectivity index (χ1v) is 6.84. The summed E-state index contributed by atoms with van der Waals surface area (Å²) in [5.41, 5.74) is 1.41. The normalized spacial score (nSPS) is 10.8. The van der Waals surface area contributed by atoms with Gasteiger partial charge >= 0.3 is 5.97 Å². The number of esters is 1. The van der Waals surface area contributed by atoms with Crippen LogP contribution in [-0.2, 0) is 0 Å². The average molecular weight is 306 g/mol. The number of ether oxygens (including phenoxy) is 1. The maximum atomic E-state index is 12.1. The molecular weight excluding hydrogens is 296 g/mol. The molecule has 0 saturated carbocycles. The monoisotopic (exact) mass is 306 g/mol. The number of para-hydroxylation sites is 1. The Hall–Kier alpha value is -3.48. The Bertz CT molecular complexity index is 926. The second kappa shape index (κ2) is 5.38. The molecule has 0 saturated heterocycles. The zero-order chi connectivity index (χ0) is 15.6. The molecule has 2 heterocycles. The number of nitrogens with zero attached hydrogens (tertiary/aromatic N) is 4. The van der Waals surface area contributed by atoms with Crippen molar-refractivity contribution in [2.45, 2.75) is 0 Å². The summed E-state index contributed by atoms with van der Waals surface area (Å²) in [6, 6.07) is 15.9. The van der Waals surface area contributed by atoms with E-state index in [-0.39, 0.29) is 5.76 Å². The van der Waals surface area contributed by atoms with Gasteiger partial charge in [-0.05, 0) is 46.8 Å². The standard InChI is InChI=1S/C16H10N4O3/c21-16(15-9-11-3-1-2-4-14(11)23-15)22-13-7-5-12(6-8-13)20-10-17-18-19-20/h1-10H. The van der Waals surface area contributed by atoms with E-state index in [9.17, 15) is 4.79 Å². The molecule has 4 aromatic rings. The summed E-state index contributed by atoms with van der Waals surface area (Å²) in [7, 11) is 0. The Balaban J connectivity index is 1.54. The van der Waals surface area contributed by atoms with Gasteiger partial charge in [0.15, 0.2) is 0 Å². The lowest BCUT2D eigenvalue weighted by atomic mass is 10.2. The molecule has 0 aliphatic heterocycles. The van der Waals surface area contributed by atoms with Crippen LogP contribution in [-0.4, -0.2) is 26.2 Å². The summed E-state index contributed by atoms with van der Waals surface area (Å²) in [6.45, 7) is 0. The van der Waals surface area contributed by atoms with Gasteiger partial charge in [0.2, 0.25) is 5.76 Å². The molecule has 0 bridgehead atoms. The molecule has 23 heavy (non-hydrogen) atoms. The van der Waals surface area contributed by atoms with Gasteiger partial charge in [-0.25, -0.2) is 9.48 Å². The van der Waals surface area contributed by atoms with Crippen LogP contribution in [0, 0.1) is 0 Å². The summed E-state index contributed by atoms with van der Waals surface area (Å²) < 4.78 is 12.3. The molecule has 0 unspecified atom stereocenters. The number of tetrazole rings is 1. The van der Waals surface area contributed by atoms with Crippen molar-refractivity contribution in [3.8, 4) is 11.4 Å². The Morgan fingerprint density at radius 2 is 1.91 bits per heavy atom. The molecule has 0 aliphatic carbocycles. The van der Waals surface area contributed by atoms with Gasteiger partial charge in [0.1, 0.15) is 17.7 Å². The van der Waals surface area contributed by atoms with Crippen molar-refractivity contribution in [1.29, 1.82) is 0 Å². The average Bonchev–Trinajstić information content (AvgIpc) is 3.25. The molecule has 0 aliphatic rings. The lowest BCUT2D eigenvalue weighted by Gasteiger charge is -2.03. The summed E-state index contributed by atoms with van der Waals surface area (Å²) >= 11 is 0. The van der Waals surface area contributed by atoms with E-state index in [0.29, 0.717) is 11.3 Å². The number of hydrogen-bond acceptors (Lipinski definition) is 6. The van der Waals surface area contributed by atoms with Crippen molar-refractivity contribution in [2.24, 2.45) is 0 Å². The van der Waals surface area contributed by atoms with Crippen molar-refractivity contribution in [3.63, 3.8) is 0 Å². The molecule has 0 amide bonds. The number of benzene rings is 2. The van der Waals surface area contributed by atoms with Crippen LogP contribution in [0.4, 0.5) is 0 Å². The first kappa shape index (κ1) is 13.2. The Labute approximate surface area is 130 Å². The summed E-state index contributed by atoms with van der Waals surface area (Å²) in [4.78, 5) is 12.1. The third-order valence-electron chi connectivity index (χ3n) is 3.29. The number of carbonyl (C=O) groups excluding carboxylic acids is 1. The van der Waals surface area contributed by atoms with Crippen LogP contribution in [0.3, 0.4) is 0 Å². The predicted molar refractivity (Wildman–Crippen MR) is 80.3 cm³/mol. The highest BCUT2D eigenvalue weighted by molar-refractivity contribution is 5.93. The first-order chi connectivity index (χ1) is 11.3. The van der Waals surface area contributed by atoms with E-state index in [1.54, 1.807) is 36.4 Å². The lowest BCUT2D eigenvalue weighted by Crippen LogP contribution is -2.07. The van der Waals surface area contributed by atoms with Crippen molar-refractivity contribution < 1.29 is 13.9 Å². The molecule has 7 heteroatoms. The SMILES string of the molecule is O=C(Oc1ccc(-n2cnnn2)cc1)c1cc2ccccc2o1. The highest BCUT2D eigenvalue weighted by atomic mass is 16.5. The number of hydrogen-bond donors (Lipinski definition) is 0. The van der Waals surface area contributed by atoms with Crippen LogP contribution in [0.2, 0.25) is 0 Å². The Morgan fingerprint density at radius 1 is 1.09 bits per heavy atom. The topological polar surface area (TPSA) is 83.0 Å². The minimum Gasteiger partial charge on any atom is -0.449 e. The smallest absolute Gasteiger partial charge is 0.379 e. The molecular formula is C16H10N4O3.